The van der Waals surface area contributed by atoms with E-state index in [1.807, 2.05) is 20.8 Å². The molecule has 1 heterocycles. The largest absolute Gasteiger partial charge is 0.416 e. The molecule has 1 atom stereocenters. The summed E-state index contributed by atoms with van der Waals surface area (Å²) in [5, 5.41) is 5.32. The van der Waals surface area contributed by atoms with E-state index in [4.69, 9.17) is 0 Å². The van der Waals surface area contributed by atoms with E-state index in [9.17, 15) is 18.0 Å². The second-order valence-corrected chi connectivity index (χ2v) is 6.74. The zero-order chi connectivity index (χ0) is 18.7. The van der Waals surface area contributed by atoms with Gasteiger partial charge in [-0.3, -0.25) is 5.32 Å². The maximum Gasteiger partial charge on any atom is 0.416 e. The van der Waals surface area contributed by atoms with Crippen molar-refractivity contribution in [3.63, 3.8) is 0 Å². The van der Waals surface area contributed by atoms with Crippen molar-refractivity contribution in [3.05, 3.63) is 59.8 Å². The molecule has 0 radical (unpaired) electrons. The van der Waals surface area contributed by atoms with E-state index >= 15 is 0 Å². The van der Waals surface area contributed by atoms with Crippen molar-refractivity contribution in [2.75, 3.05) is 5.32 Å². The highest BCUT2D eigenvalue weighted by molar-refractivity contribution is 5.88. The number of carbonyl (C=O) groups is 1. The van der Waals surface area contributed by atoms with Gasteiger partial charge >= 0.3 is 12.2 Å². The molecule has 2 aromatic rings. The number of halogens is 3. The minimum atomic E-state index is -4.44. The first-order valence-electron chi connectivity index (χ1n) is 7.73. The number of carbonyl (C=O) groups excluding carboxylic acids is 1. The number of hydrogen-bond acceptors (Lipinski definition) is 2. The molecule has 134 valence electrons. The van der Waals surface area contributed by atoms with Crippen LogP contribution in [0.2, 0.25) is 0 Å². The van der Waals surface area contributed by atoms with Crippen LogP contribution < -0.4 is 10.6 Å². The fraction of sp³-hybridized carbons (Fsp3) is 0.333. The van der Waals surface area contributed by atoms with Crippen molar-refractivity contribution in [2.45, 2.75) is 33.0 Å². The van der Waals surface area contributed by atoms with Crippen LogP contribution in [-0.2, 0) is 6.18 Å². The van der Waals surface area contributed by atoms with Crippen LogP contribution in [-0.4, -0.2) is 11.0 Å². The first kappa shape index (κ1) is 18.8. The molecule has 2 amide bonds. The lowest BCUT2D eigenvalue weighted by Gasteiger charge is -2.32. The molecule has 2 N–H and O–H groups in total. The highest BCUT2D eigenvalue weighted by atomic mass is 19.4. The van der Waals surface area contributed by atoms with E-state index in [0.717, 1.165) is 12.1 Å². The average Bonchev–Trinajstić information content (AvgIpc) is 2.52. The van der Waals surface area contributed by atoms with Gasteiger partial charge in [0.1, 0.15) is 5.82 Å². The third-order valence-electron chi connectivity index (χ3n) is 3.60. The smallest absolute Gasteiger partial charge is 0.330 e. The number of hydrogen-bond donors (Lipinski definition) is 2. The lowest BCUT2D eigenvalue weighted by molar-refractivity contribution is -0.137. The summed E-state index contributed by atoms with van der Waals surface area (Å²) < 4.78 is 38.9. The number of urea groups is 1. The number of anilines is 1. The predicted octanol–water partition coefficient (Wildman–Crippen LogP) is 5.01. The topological polar surface area (TPSA) is 54.0 Å². The maximum absolute atomic E-state index is 13.0. The molecule has 4 nitrogen and oxygen atoms in total. The van der Waals surface area contributed by atoms with Crippen molar-refractivity contribution in [3.8, 4) is 0 Å². The van der Waals surface area contributed by atoms with Gasteiger partial charge in [0.25, 0.3) is 0 Å². The Morgan fingerprint density at radius 1 is 1.08 bits per heavy atom. The minimum absolute atomic E-state index is 0.358. The van der Waals surface area contributed by atoms with Crippen LogP contribution in [0.15, 0.2) is 48.7 Å². The normalized spacial score (nSPS) is 13.2. The summed E-state index contributed by atoms with van der Waals surface area (Å²) in [4.78, 5) is 16.2. The van der Waals surface area contributed by atoms with E-state index in [0.29, 0.717) is 11.4 Å². The molecule has 0 bridgehead atoms. The minimum Gasteiger partial charge on any atom is -0.330 e. The number of amides is 2. The molecule has 0 aliphatic carbocycles. The van der Waals surface area contributed by atoms with Gasteiger partial charge < -0.3 is 5.32 Å². The molecule has 0 spiro atoms. The number of benzene rings is 1. The van der Waals surface area contributed by atoms with Crippen LogP contribution in [0.5, 0.6) is 0 Å². The number of rotatable bonds is 3. The second kappa shape index (κ2) is 7.13. The molecular formula is C18H20F3N3O. The Balaban J connectivity index is 2.24. The Bertz CT molecular complexity index is 724. The molecule has 0 aliphatic rings. The monoisotopic (exact) mass is 351 g/mol. The summed E-state index contributed by atoms with van der Waals surface area (Å²) in [6.45, 7) is 5.54. The molecule has 0 saturated heterocycles. The molecule has 7 heteroatoms. The summed E-state index contributed by atoms with van der Waals surface area (Å²) in [7, 11) is 0. The van der Waals surface area contributed by atoms with Gasteiger partial charge in [0.2, 0.25) is 0 Å². The summed E-state index contributed by atoms with van der Waals surface area (Å²) in [6.07, 6.45) is -2.90. The van der Waals surface area contributed by atoms with E-state index in [1.54, 1.807) is 24.3 Å². The first-order chi connectivity index (χ1) is 11.6. The number of nitrogens with zero attached hydrogens (tertiary/aromatic N) is 1. The van der Waals surface area contributed by atoms with Crippen molar-refractivity contribution < 1.29 is 18.0 Å². The lowest BCUT2D eigenvalue weighted by Crippen LogP contribution is -2.39. The summed E-state index contributed by atoms with van der Waals surface area (Å²) in [5.74, 6) is 0.358. The van der Waals surface area contributed by atoms with Gasteiger partial charge in [-0.2, -0.15) is 13.2 Å². The van der Waals surface area contributed by atoms with Gasteiger partial charge in [-0.05, 0) is 35.2 Å². The molecule has 0 saturated carbocycles. The molecule has 2 rings (SSSR count). The van der Waals surface area contributed by atoms with Gasteiger partial charge in [0.05, 0.1) is 11.6 Å². The van der Waals surface area contributed by atoms with Gasteiger partial charge in [0.15, 0.2) is 0 Å². The fourth-order valence-corrected chi connectivity index (χ4v) is 2.41. The van der Waals surface area contributed by atoms with E-state index < -0.39 is 29.2 Å². The molecule has 1 aromatic carbocycles. The zero-order valence-corrected chi connectivity index (χ0v) is 14.2. The molecule has 0 aliphatic heterocycles. The predicted molar refractivity (Wildman–Crippen MR) is 90.0 cm³/mol. The van der Waals surface area contributed by atoms with E-state index in [-0.39, 0.29) is 0 Å². The van der Waals surface area contributed by atoms with Crippen molar-refractivity contribution in [2.24, 2.45) is 5.41 Å². The summed E-state index contributed by atoms with van der Waals surface area (Å²) in [5.41, 5.74) is -0.851. The van der Waals surface area contributed by atoms with Crippen LogP contribution >= 0.6 is 0 Å². The Labute approximate surface area is 144 Å². The fourth-order valence-electron chi connectivity index (χ4n) is 2.41. The van der Waals surface area contributed by atoms with Gasteiger partial charge in [-0.1, -0.05) is 39.0 Å². The summed E-state index contributed by atoms with van der Waals surface area (Å²) in [6, 6.07) is 8.90. The Morgan fingerprint density at radius 2 is 1.80 bits per heavy atom. The Kier molecular flexibility index (Phi) is 5.35. The average molecular weight is 351 g/mol. The van der Waals surface area contributed by atoms with E-state index in [2.05, 4.69) is 15.6 Å². The molecule has 1 aromatic heterocycles. The third-order valence-corrected chi connectivity index (χ3v) is 3.60. The van der Waals surface area contributed by atoms with Gasteiger partial charge in [-0.25, -0.2) is 9.78 Å². The Morgan fingerprint density at radius 3 is 2.36 bits per heavy atom. The third kappa shape index (κ3) is 5.20. The van der Waals surface area contributed by atoms with Crippen LogP contribution in [0.3, 0.4) is 0 Å². The van der Waals surface area contributed by atoms with Crippen LogP contribution in [0, 0.1) is 5.41 Å². The number of aromatic nitrogens is 1. The molecular weight excluding hydrogens is 331 g/mol. The second-order valence-electron chi connectivity index (χ2n) is 6.74. The lowest BCUT2D eigenvalue weighted by atomic mass is 9.82. The molecule has 25 heavy (non-hydrogen) atoms. The maximum atomic E-state index is 13.0. The van der Waals surface area contributed by atoms with Crippen molar-refractivity contribution in [1.82, 2.24) is 10.3 Å². The van der Waals surface area contributed by atoms with E-state index in [1.165, 1.54) is 12.3 Å². The number of alkyl halides is 3. The molecule has 1 unspecified atom stereocenters. The van der Waals surface area contributed by atoms with Crippen molar-refractivity contribution >= 4 is 11.8 Å². The summed E-state index contributed by atoms with van der Waals surface area (Å²) >= 11 is 0. The van der Waals surface area contributed by atoms with Crippen LogP contribution in [0.25, 0.3) is 0 Å². The van der Waals surface area contributed by atoms with Crippen LogP contribution in [0.1, 0.15) is 37.9 Å². The highest BCUT2D eigenvalue weighted by Crippen LogP contribution is 2.36. The van der Waals surface area contributed by atoms with Gasteiger partial charge in [0, 0.05) is 6.20 Å². The van der Waals surface area contributed by atoms with Crippen molar-refractivity contribution in [1.29, 1.82) is 0 Å². The highest BCUT2D eigenvalue weighted by Gasteiger charge is 2.33. The number of nitrogens with one attached hydrogen (secondary N) is 2. The SMILES string of the molecule is CC(C)(C)C(NC(=O)Nc1ccccn1)c1cccc(C(F)(F)F)c1. The quantitative estimate of drug-likeness (QED) is 0.817. The Hall–Kier alpha value is -2.57. The molecule has 0 fully saturated rings. The first-order valence-corrected chi connectivity index (χ1v) is 7.73. The van der Waals surface area contributed by atoms with Crippen LogP contribution in [0.4, 0.5) is 23.8 Å². The zero-order valence-electron chi connectivity index (χ0n) is 14.2. The standard InChI is InChI=1S/C18H20F3N3O/c1-17(2,3)15(12-7-6-8-13(11-12)18(19,20)21)24-16(25)23-14-9-4-5-10-22-14/h4-11,15H,1-3H3,(H2,22,23,24,25). The number of pyridine rings is 1. The van der Waals surface area contributed by atoms with Gasteiger partial charge in [-0.15, -0.1) is 0 Å².